The van der Waals surface area contributed by atoms with Crippen molar-refractivity contribution in [3.63, 3.8) is 0 Å². The van der Waals surface area contributed by atoms with Crippen LogP contribution in [0.2, 0.25) is 0 Å². The molecule has 6 atom stereocenters. The molecule has 192 valence electrons. The number of nitrogens with zero attached hydrogens (tertiary/aromatic N) is 2. The largest absolute Gasteiger partial charge is 0.339 e. The molecule has 7 rings (SSSR count). The van der Waals surface area contributed by atoms with Crippen molar-refractivity contribution in [3.8, 4) is 0 Å². The van der Waals surface area contributed by atoms with Crippen LogP contribution in [-0.4, -0.2) is 64.9 Å². The zero-order chi connectivity index (χ0) is 25.3. The molecular weight excluding hydrogens is 828 g/mol. The Hall–Kier alpha value is 1.82. The van der Waals surface area contributed by atoms with Crippen molar-refractivity contribution in [2.75, 3.05) is 26.2 Å². The van der Waals surface area contributed by atoms with Gasteiger partial charge in [-0.1, -0.05) is 123 Å². The van der Waals surface area contributed by atoms with Gasteiger partial charge in [-0.05, 0) is 36.5 Å². The summed E-state index contributed by atoms with van der Waals surface area (Å²) >= 11 is 23.0. The van der Waals surface area contributed by atoms with Gasteiger partial charge in [0.1, 0.15) is 0 Å². The summed E-state index contributed by atoms with van der Waals surface area (Å²) in [4.78, 5) is 32.3. The van der Waals surface area contributed by atoms with E-state index in [-0.39, 0.29) is 61.4 Å². The van der Waals surface area contributed by atoms with Gasteiger partial charge in [-0.25, -0.2) is 0 Å². The van der Waals surface area contributed by atoms with Crippen molar-refractivity contribution >= 4 is 107 Å². The Balaban J connectivity index is 1.30. The van der Waals surface area contributed by atoms with E-state index in [4.69, 9.17) is 0 Å². The summed E-state index contributed by atoms with van der Waals surface area (Å²) in [5, 5.41) is 0. The standard InChI is InChI=1S/C24H32Br6N2O2/c1-19(2)21(15(27)28)5-7-23(19,13(21)25)17(33)31-9-11-32(12-10-31)18(34)24-8-6-22(14(24)26,16(29)30)20(24,3)4/h13-16H,5-12H2,1-4H3. The van der Waals surface area contributed by atoms with Crippen LogP contribution < -0.4 is 0 Å². The maximum Gasteiger partial charge on any atom is 0.230 e. The summed E-state index contributed by atoms with van der Waals surface area (Å²) < 4.78 is 0.341. The van der Waals surface area contributed by atoms with Crippen LogP contribution in [0.3, 0.4) is 0 Å². The molecular formula is C24H32Br6N2O2. The van der Waals surface area contributed by atoms with Gasteiger partial charge in [-0.2, -0.15) is 0 Å². The van der Waals surface area contributed by atoms with E-state index >= 15 is 0 Å². The van der Waals surface area contributed by atoms with Crippen LogP contribution in [0.1, 0.15) is 53.4 Å². The maximum atomic E-state index is 14.0. The molecule has 0 spiro atoms. The molecule has 6 unspecified atom stereocenters. The first kappa shape index (κ1) is 27.4. The van der Waals surface area contributed by atoms with Crippen molar-refractivity contribution in [3.05, 3.63) is 0 Å². The van der Waals surface area contributed by atoms with Crippen LogP contribution >= 0.6 is 95.6 Å². The highest BCUT2D eigenvalue weighted by molar-refractivity contribution is 9.25. The summed E-state index contributed by atoms with van der Waals surface area (Å²) in [6.07, 6.45) is 3.86. The molecule has 6 saturated carbocycles. The molecule has 4 nitrogen and oxygen atoms in total. The molecule has 0 radical (unpaired) electrons. The summed E-state index contributed by atoms with van der Waals surface area (Å²) in [5.74, 6) is 0.532. The quantitative estimate of drug-likeness (QED) is 0.286. The van der Waals surface area contributed by atoms with E-state index in [1.807, 2.05) is 9.80 Å². The Kier molecular flexibility index (Phi) is 6.58. The van der Waals surface area contributed by atoms with E-state index in [9.17, 15) is 9.59 Å². The predicted molar refractivity (Wildman–Crippen MR) is 158 cm³/mol. The number of rotatable bonds is 4. The van der Waals surface area contributed by atoms with E-state index in [0.29, 0.717) is 26.2 Å². The highest BCUT2D eigenvalue weighted by atomic mass is 79.9. The van der Waals surface area contributed by atoms with Crippen LogP contribution in [-0.2, 0) is 9.59 Å². The van der Waals surface area contributed by atoms with Gasteiger partial charge in [0.05, 0.1) is 18.3 Å². The molecule has 2 amide bonds. The van der Waals surface area contributed by atoms with E-state index in [1.54, 1.807) is 0 Å². The van der Waals surface area contributed by atoms with E-state index in [1.165, 1.54) is 0 Å². The Bertz CT molecular complexity index is 860. The van der Waals surface area contributed by atoms with Crippen molar-refractivity contribution in [2.24, 2.45) is 32.5 Å². The van der Waals surface area contributed by atoms with Crippen LogP contribution in [0, 0.1) is 32.5 Å². The molecule has 1 aliphatic heterocycles. The van der Waals surface area contributed by atoms with Gasteiger partial charge in [-0.15, -0.1) is 0 Å². The number of amides is 2. The number of alkyl halides is 6. The first-order valence-corrected chi connectivity index (χ1v) is 17.6. The smallest absolute Gasteiger partial charge is 0.230 e. The highest BCUT2D eigenvalue weighted by Crippen LogP contribution is 2.84. The van der Waals surface area contributed by atoms with Crippen LogP contribution in [0.25, 0.3) is 0 Å². The fourth-order valence-electron chi connectivity index (χ4n) is 9.01. The molecule has 0 N–H and O–H groups in total. The van der Waals surface area contributed by atoms with Gasteiger partial charge in [-0.3, -0.25) is 9.59 Å². The summed E-state index contributed by atoms with van der Waals surface area (Å²) in [6.45, 7) is 11.5. The number of hydrogen-bond donors (Lipinski definition) is 0. The van der Waals surface area contributed by atoms with E-state index in [2.05, 4.69) is 123 Å². The Morgan fingerprint density at radius 1 is 0.647 bits per heavy atom. The molecule has 0 aromatic rings. The van der Waals surface area contributed by atoms with Gasteiger partial charge in [0, 0.05) is 46.7 Å². The molecule has 10 heteroatoms. The predicted octanol–water partition coefficient (Wildman–Crippen LogP) is 7.03. The SMILES string of the molecule is CC1(C)C2(C(=O)N3CCN(C(=O)C45CCC(C(Br)Br)(C4Br)C5(C)C)CC3)CCC1(C(Br)Br)C2Br. The highest BCUT2D eigenvalue weighted by Gasteiger charge is 2.85. The molecule has 1 saturated heterocycles. The van der Waals surface area contributed by atoms with Crippen LogP contribution in [0.4, 0.5) is 0 Å². The van der Waals surface area contributed by atoms with Gasteiger partial charge in [0.2, 0.25) is 11.8 Å². The molecule has 0 aromatic heterocycles. The third-order valence-corrected chi connectivity index (χ3v) is 18.1. The number of carbonyl (C=O) groups excluding carboxylic acids is 2. The fourth-order valence-corrected chi connectivity index (χ4v) is 18.8. The summed E-state index contributed by atoms with van der Waals surface area (Å²) in [5.41, 5.74) is -0.914. The maximum absolute atomic E-state index is 14.0. The number of hydrogen-bond acceptors (Lipinski definition) is 2. The second-order valence-corrected chi connectivity index (χ2v) is 20.1. The first-order valence-electron chi connectivity index (χ1n) is 12.1. The first-order chi connectivity index (χ1) is 15.6. The minimum Gasteiger partial charge on any atom is -0.339 e. The third kappa shape index (κ3) is 2.62. The molecule has 1 heterocycles. The number of piperazine rings is 1. The lowest BCUT2D eigenvalue weighted by Crippen LogP contribution is -2.74. The van der Waals surface area contributed by atoms with E-state index < -0.39 is 0 Å². The second-order valence-electron chi connectivity index (χ2n) is 12.2. The normalized spacial score (nSPS) is 46.0. The van der Waals surface area contributed by atoms with Gasteiger partial charge in [0.15, 0.2) is 0 Å². The molecule has 7 aliphatic rings. The molecule has 34 heavy (non-hydrogen) atoms. The van der Waals surface area contributed by atoms with Crippen LogP contribution in [0.5, 0.6) is 0 Å². The van der Waals surface area contributed by atoms with E-state index in [0.717, 1.165) is 25.7 Å². The lowest BCUT2D eigenvalue weighted by Gasteiger charge is -2.67. The lowest BCUT2D eigenvalue weighted by molar-refractivity contribution is -0.181. The zero-order valence-corrected chi connectivity index (χ0v) is 29.5. The third-order valence-electron chi connectivity index (χ3n) is 11.6. The van der Waals surface area contributed by atoms with Crippen LogP contribution in [0.15, 0.2) is 0 Å². The monoisotopic (exact) mass is 854 g/mol. The number of carbonyl (C=O) groups is 2. The van der Waals surface area contributed by atoms with Crippen molar-refractivity contribution < 1.29 is 9.59 Å². The summed E-state index contributed by atoms with van der Waals surface area (Å²) in [7, 11) is 0. The minimum atomic E-state index is -0.375. The van der Waals surface area contributed by atoms with Crippen molar-refractivity contribution in [1.29, 1.82) is 0 Å². The second kappa shape index (κ2) is 8.17. The minimum absolute atomic E-state index is 0.0258. The fraction of sp³-hybridized carbons (Fsp3) is 0.917. The van der Waals surface area contributed by atoms with Crippen molar-refractivity contribution in [1.82, 2.24) is 9.80 Å². The molecule has 4 bridgehead atoms. The summed E-state index contributed by atoms with van der Waals surface area (Å²) in [6, 6.07) is 0. The Labute approximate surface area is 253 Å². The number of fused-ring (bicyclic) bond motifs is 2. The Morgan fingerprint density at radius 2 is 0.941 bits per heavy atom. The average molecular weight is 860 g/mol. The lowest BCUT2D eigenvalue weighted by atomic mass is 9.43. The Morgan fingerprint density at radius 3 is 1.15 bits per heavy atom. The molecule has 7 fully saturated rings. The zero-order valence-electron chi connectivity index (χ0n) is 19.9. The number of halogens is 6. The van der Waals surface area contributed by atoms with Crippen molar-refractivity contribution in [2.45, 2.75) is 70.5 Å². The van der Waals surface area contributed by atoms with Gasteiger partial charge < -0.3 is 9.80 Å². The van der Waals surface area contributed by atoms with Gasteiger partial charge >= 0.3 is 0 Å². The topological polar surface area (TPSA) is 40.6 Å². The molecule has 0 aromatic carbocycles. The average Bonchev–Trinajstić information content (AvgIpc) is 3.44. The van der Waals surface area contributed by atoms with Gasteiger partial charge in [0.25, 0.3) is 0 Å². The molecule has 6 aliphatic carbocycles.